The third kappa shape index (κ3) is 5.66. The van der Waals surface area contributed by atoms with Crippen molar-refractivity contribution >= 4 is 40.5 Å². The molecule has 4 aromatic rings. The minimum absolute atomic E-state index is 0.0644. The van der Waals surface area contributed by atoms with Crippen LogP contribution in [0.25, 0.3) is 16.6 Å². The van der Waals surface area contributed by atoms with Gasteiger partial charge >= 0.3 is 0 Å². The van der Waals surface area contributed by atoms with Gasteiger partial charge in [0.05, 0.1) is 28.6 Å². The zero-order valence-corrected chi connectivity index (χ0v) is 21.5. The Hall–Kier alpha value is -3.91. The molecule has 1 amide bonds. The van der Waals surface area contributed by atoms with Crippen LogP contribution in [0.2, 0.25) is 0 Å². The van der Waals surface area contributed by atoms with Gasteiger partial charge in [-0.1, -0.05) is 54.2 Å². The van der Waals surface area contributed by atoms with Gasteiger partial charge in [-0.05, 0) is 62.2 Å². The predicted octanol–water partition coefficient (Wildman–Crippen LogP) is 4.78. The number of benzene rings is 3. The molecule has 184 valence electrons. The normalized spacial score (nSPS) is 11.2. The summed E-state index contributed by atoms with van der Waals surface area (Å²) in [6.07, 6.45) is 1.62. The molecule has 0 aliphatic carbocycles. The van der Waals surface area contributed by atoms with E-state index in [0.29, 0.717) is 16.1 Å². The van der Waals surface area contributed by atoms with Crippen LogP contribution in [0.15, 0.2) is 87.8 Å². The molecule has 0 saturated heterocycles. The number of aryl methyl sites for hydroxylation is 1. The molecule has 0 aliphatic rings. The number of nitrogens with zero attached hydrogens (tertiary/aromatic N) is 4. The van der Waals surface area contributed by atoms with E-state index in [4.69, 9.17) is 4.98 Å². The summed E-state index contributed by atoms with van der Waals surface area (Å²) in [5, 5.41) is 5.08. The van der Waals surface area contributed by atoms with Gasteiger partial charge in [0.1, 0.15) is 0 Å². The first-order valence-electron chi connectivity index (χ1n) is 11.9. The first kappa shape index (κ1) is 25.2. The van der Waals surface area contributed by atoms with Gasteiger partial charge in [0, 0.05) is 18.8 Å². The quantitative estimate of drug-likeness (QED) is 0.155. The van der Waals surface area contributed by atoms with Crippen molar-refractivity contribution in [3.05, 3.63) is 94.3 Å². The number of hydrazone groups is 1. The molecule has 0 saturated carbocycles. The maximum Gasteiger partial charge on any atom is 0.266 e. The molecule has 0 aliphatic heterocycles. The number of carbonyl (C=O) groups excluding carboxylic acids is 1. The lowest BCUT2D eigenvalue weighted by molar-refractivity contribution is -0.118. The molecule has 4 rings (SSSR count). The van der Waals surface area contributed by atoms with E-state index < -0.39 is 0 Å². The van der Waals surface area contributed by atoms with E-state index in [1.165, 1.54) is 11.8 Å². The lowest BCUT2D eigenvalue weighted by Gasteiger charge is -2.20. The molecule has 1 N–H and O–H groups in total. The fourth-order valence-corrected chi connectivity index (χ4v) is 4.74. The number of fused-ring (bicyclic) bond motifs is 1. The van der Waals surface area contributed by atoms with Gasteiger partial charge in [-0.25, -0.2) is 10.4 Å². The summed E-state index contributed by atoms with van der Waals surface area (Å²) in [7, 11) is 0. The Labute approximate surface area is 214 Å². The number of hydrogen-bond donors (Lipinski definition) is 1. The number of rotatable bonds is 9. The summed E-state index contributed by atoms with van der Waals surface area (Å²) in [5.74, 6) is -0.218. The van der Waals surface area contributed by atoms with Crippen molar-refractivity contribution in [2.24, 2.45) is 5.10 Å². The van der Waals surface area contributed by atoms with Crippen molar-refractivity contribution in [3.63, 3.8) is 0 Å². The van der Waals surface area contributed by atoms with Crippen molar-refractivity contribution in [2.75, 3.05) is 23.7 Å². The lowest BCUT2D eigenvalue weighted by Crippen LogP contribution is -2.24. The predicted molar refractivity (Wildman–Crippen MR) is 149 cm³/mol. The van der Waals surface area contributed by atoms with Gasteiger partial charge in [0.2, 0.25) is 0 Å². The molecule has 36 heavy (non-hydrogen) atoms. The largest absolute Gasteiger partial charge is 0.372 e. The van der Waals surface area contributed by atoms with Gasteiger partial charge in [0.15, 0.2) is 5.16 Å². The summed E-state index contributed by atoms with van der Waals surface area (Å²) >= 11 is 1.20. The van der Waals surface area contributed by atoms with Gasteiger partial charge < -0.3 is 4.90 Å². The summed E-state index contributed by atoms with van der Waals surface area (Å²) in [5.41, 5.74) is 6.74. The van der Waals surface area contributed by atoms with Crippen molar-refractivity contribution in [2.45, 2.75) is 25.9 Å². The number of para-hydroxylation sites is 2. The highest BCUT2D eigenvalue weighted by atomic mass is 32.2. The summed E-state index contributed by atoms with van der Waals surface area (Å²) in [4.78, 5) is 32.8. The van der Waals surface area contributed by atoms with E-state index in [-0.39, 0.29) is 17.2 Å². The Morgan fingerprint density at radius 1 is 1.03 bits per heavy atom. The molecule has 1 heterocycles. The van der Waals surface area contributed by atoms with E-state index in [9.17, 15) is 9.59 Å². The highest BCUT2D eigenvalue weighted by Crippen LogP contribution is 2.23. The molecule has 0 unspecified atom stereocenters. The van der Waals surface area contributed by atoms with Crippen LogP contribution in [0.4, 0.5) is 5.69 Å². The molecule has 0 bridgehead atoms. The minimum atomic E-state index is -0.283. The molecule has 8 heteroatoms. The molecule has 0 radical (unpaired) electrons. The third-order valence-corrected chi connectivity index (χ3v) is 6.80. The maximum absolute atomic E-state index is 13.4. The van der Waals surface area contributed by atoms with Crippen LogP contribution >= 0.6 is 11.8 Å². The monoisotopic (exact) mass is 499 g/mol. The van der Waals surface area contributed by atoms with Gasteiger partial charge in [0.25, 0.3) is 11.5 Å². The first-order valence-corrected chi connectivity index (χ1v) is 12.9. The van der Waals surface area contributed by atoms with E-state index in [1.807, 2.05) is 67.6 Å². The molecular formula is C28H29N5O2S. The molecule has 0 spiro atoms. The highest BCUT2D eigenvalue weighted by molar-refractivity contribution is 7.99. The Bertz CT molecular complexity index is 1440. The molecule has 0 fully saturated rings. The number of hydrogen-bond acceptors (Lipinski definition) is 6. The lowest BCUT2D eigenvalue weighted by atomic mass is 10.2. The van der Waals surface area contributed by atoms with Crippen LogP contribution < -0.4 is 15.9 Å². The van der Waals surface area contributed by atoms with Crippen LogP contribution in [0, 0.1) is 6.92 Å². The fourth-order valence-electron chi connectivity index (χ4n) is 3.94. The number of anilines is 1. The standard InChI is InChI=1S/C28H29N5O2S/c1-4-32(5-2)22-16-14-21(15-17-22)18-29-31-26(34)19-36-28-30-24-12-8-7-11-23(24)27(35)33(28)25-13-9-6-10-20(25)3/h6-18H,4-5,19H2,1-3H3,(H,31,34)/b29-18-. The third-order valence-electron chi connectivity index (χ3n) is 5.86. The fraction of sp³-hybridized carbons (Fsp3) is 0.214. The Morgan fingerprint density at radius 3 is 2.44 bits per heavy atom. The number of aromatic nitrogens is 2. The maximum atomic E-state index is 13.4. The van der Waals surface area contributed by atoms with Crippen molar-refractivity contribution in [1.29, 1.82) is 0 Å². The Morgan fingerprint density at radius 2 is 1.72 bits per heavy atom. The summed E-state index contributed by atoms with van der Waals surface area (Å²) in [6.45, 7) is 8.09. The van der Waals surface area contributed by atoms with Gasteiger partial charge in [-0.15, -0.1) is 0 Å². The Kier molecular flexibility index (Phi) is 8.17. The molecular weight excluding hydrogens is 470 g/mol. The second-order valence-electron chi connectivity index (χ2n) is 8.18. The summed E-state index contributed by atoms with van der Waals surface area (Å²) < 4.78 is 1.58. The second-order valence-corrected chi connectivity index (χ2v) is 9.13. The number of carbonyl (C=O) groups is 1. The first-order chi connectivity index (χ1) is 17.5. The van der Waals surface area contributed by atoms with Gasteiger partial charge in [-0.3, -0.25) is 14.2 Å². The smallest absolute Gasteiger partial charge is 0.266 e. The number of thioether (sulfide) groups is 1. The van der Waals surface area contributed by atoms with E-state index in [1.54, 1.807) is 22.9 Å². The van der Waals surface area contributed by atoms with Crippen LogP contribution in [-0.2, 0) is 4.79 Å². The highest BCUT2D eigenvalue weighted by Gasteiger charge is 2.15. The van der Waals surface area contributed by atoms with E-state index in [2.05, 4.69) is 29.3 Å². The number of nitrogens with one attached hydrogen (secondary N) is 1. The van der Waals surface area contributed by atoms with Crippen LogP contribution in [0.3, 0.4) is 0 Å². The zero-order chi connectivity index (χ0) is 25.5. The molecule has 3 aromatic carbocycles. The van der Waals surface area contributed by atoms with Crippen molar-refractivity contribution in [3.8, 4) is 5.69 Å². The zero-order valence-electron chi connectivity index (χ0n) is 20.6. The van der Waals surface area contributed by atoms with Crippen LogP contribution in [-0.4, -0.2) is 40.5 Å². The molecule has 1 aromatic heterocycles. The molecule has 0 atom stereocenters. The van der Waals surface area contributed by atoms with Gasteiger partial charge in [-0.2, -0.15) is 5.10 Å². The summed E-state index contributed by atoms with van der Waals surface area (Å²) in [6, 6.07) is 22.9. The average Bonchev–Trinajstić information content (AvgIpc) is 2.90. The van der Waals surface area contributed by atoms with Crippen LogP contribution in [0.1, 0.15) is 25.0 Å². The van der Waals surface area contributed by atoms with Crippen molar-refractivity contribution < 1.29 is 4.79 Å². The van der Waals surface area contributed by atoms with E-state index >= 15 is 0 Å². The second kappa shape index (κ2) is 11.7. The Balaban J connectivity index is 1.48. The average molecular weight is 500 g/mol. The SMILES string of the molecule is CCN(CC)c1ccc(/C=N\NC(=O)CSc2nc3ccccc3c(=O)n2-c2ccccc2C)cc1. The van der Waals surface area contributed by atoms with E-state index in [0.717, 1.165) is 35.6 Å². The molecule has 7 nitrogen and oxygen atoms in total. The minimum Gasteiger partial charge on any atom is -0.372 e. The van der Waals surface area contributed by atoms with Crippen molar-refractivity contribution in [1.82, 2.24) is 15.0 Å². The number of amides is 1. The van der Waals surface area contributed by atoms with Crippen LogP contribution in [0.5, 0.6) is 0 Å². The topological polar surface area (TPSA) is 79.6 Å².